The lowest BCUT2D eigenvalue weighted by Crippen LogP contribution is -2.35. The molecule has 1 aliphatic carbocycles. The van der Waals surface area contributed by atoms with Gasteiger partial charge in [0.1, 0.15) is 0 Å². The van der Waals surface area contributed by atoms with Crippen LogP contribution in [0.15, 0.2) is 17.5 Å². The van der Waals surface area contributed by atoms with Gasteiger partial charge in [-0.05, 0) is 62.6 Å². The highest BCUT2D eigenvalue weighted by molar-refractivity contribution is 7.12. The maximum Gasteiger partial charge on any atom is 0.172 e. The fourth-order valence-electron chi connectivity index (χ4n) is 4.01. The first-order valence-electron chi connectivity index (χ1n) is 8.15. The largest absolute Gasteiger partial charge is 0.300 e. The van der Waals surface area contributed by atoms with Crippen molar-refractivity contribution in [1.82, 2.24) is 4.90 Å². The lowest BCUT2D eigenvalue weighted by molar-refractivity contribution is 0.0974. The van der Waals surface area contributed by atoms with Gasteiger partial charge in [-0.15, -0.1) is 11.3 Å². The van der Waals surface area contributed by atoms with Crippen molar-refractivity contribution in [2.75, 3.05) is 13.1 Å². The molecule has 0 bridgehead atoms. The Kier molecular flexibility index (Phi) is 4.90. The van der Waals surface area contributed by atoms with E-state index in [4.69, 9.17) is 0 Å². The van der Waals surface area contributed by atoms with Crippen LogP contribution < -0.4 is 0 Å². The molecule has 0 amide bonds. The van der Waals surface area contributed by atoms with Gasteiger partial charge in [0.2, 0.25) is 0 Å². The van der Waals surface area contributed by atoms with Crippen LogP contribution >= 0.6 is 11.3 Å². The minimum absolute atomic E-state index is 0.330. The highest BCUT2D eigenvalue weighted by Crippen LogP contribution is 2.35. The molecule has 0 spiro atoms. The fourth-order valence-corrected chi connectivity index (χ4v) is 4.70. The predicted octanol–water partition coefficient (Wildman–Crippen LogP) is 4.37. The van der Waals surface area contributed by atoms with Crippen LogP contribution in [-0.2, 0) is 0 Å². The van der Waals surface area contributed by atoms with Crippen LogP contribution in [0.1, 0.15) is 61.0 Å². The average molecular weight is 291 g/mol. The maximum absolute atomic E-state index is 12.0. The molecule has 110 valence electrons. The van der Waals surface area contributed by atoms with E-state index in [-0.39, 0.29) is 0 Å². The lowest BCUT2D eigenvalue weighted by atomic mass is 9.96. The van der Waals surface area contributed by atoms with Gasteiger partial charge in [-0.3, -0.25) is 4.79 Å². The number of Topliss-reactive ketones (excluding diaryl/α,β-unsaturated/α-hetero) is 1. The van der Waals surface area contributed by atoms with Crippen LogP contribution in [0.3, 0.4) is 0 Å². The zero-order valence-electron chi connectivity index (χ0n) is 12.2. The maximum atomic E-state index is 12.0. The second-order valence-electron chi connectivity index (χ2n) is 6.29. The zero-order valence-corrected chi connectivity index (χ0v) is 13.0. The molecule has 20 heavy (non-hydrogen) atoms. The van der Waals surface area contributed by atoms with Gasteiger partial charge in [0.05, 0.1) is 4.88 Å². The van der Waals surface area contributed by atoms with Crippen molar-refractivity contribution >= 4 is 17.1 Å². The second kappa shape index (κ2) is 6.86. The van der Waals surface area contributed by atoms with Crippen molar-refractivity contribution in [2.24, 2.45) is 5.92 Å². The van der Waals surface area contributed by atoms with Crippen LogP contribution in [0.4, 0.5) is 0 Å². The molecule has 1 aromatic heterocycles. The summed E-state index contributed by atoms with van der Waals surface area (Å²) in [5.41, 5.74) is 0. The minimum atomic E-state index is 0.330. The number of thiophene rings is 1. The summed E-state index contributed by atoms with van der Waals surface area (Å²) in [6.07, 6.45) is 10.3. The van der Waals surface area contributed by atoms with Crippen molar-refractivity contribution < 1.29 is 4.79 Å². The van der Waals surface area contributed by atoms with Gasteiger partial charge in [-0.25, -0.2) is 0 Å². The molecule has 2 aliphatic rings. The molecule has 1 unspecified atom stereocenters. The Hall–Kier alpha value is -0.670. The smallest absolute Gasteiger partial charge is 0.172 e. The SMILES string of the molecule is O=C(CCCN1CCCC1C1CCCC1)c1cccs1. The molecule has 1 aliphatic heterocycles. The van der Waals surface area contributed by atoms with E-state index in [1.165, 1.54) is 45.1 Å². The van der Waals surface area contributed by atoms with Gasteiger partial charge >= 0.3 is 0 Å². The van der Waals surface area contributed by atoms with Gasteiger partial charge in [-0.1, -0.05) is 18.9 Å². The summed E-state index contributed by atoms with van der Waals surface area (Å²) in [6.45, 7) is 2.38. The Balaban J connectivity index is 1.44. The average Bonchev–Trinajstić information content (AvgIpc) is 3.20. The summed E-state index contributed by atoms with van der Waals surface area (Å²) in [5, 5.41) is 1.99. The van der Waals surface area contributed by atoms with Crippen LogP contribution in [0, 0.1) is 5.92 Å². The lowest BCUT2D eigenvalue weighted by Gasteiger charge is -2.29. The topological polar surface area (TPSA) is 20.3 Å². The molecule has 3 rings (SSSR count). The molecule has 0 N–H and O–H groups in total. The van der Waals surface area contributed by atoms with E-state index in [2.05, 4.69) is 4.90 Å². The van der Waals surface area contributed by atoms with Crippen LogP contribution in [-0.4, -0.2) is 29.8 Å². The molecule has 1 aromatic rings. The quantitative estimate of drug-likeness (QED) is 0.726. The van der Waals surface area contributed by atoms with E-state index in [1.54, 1.807) is 11.3 Å². The van der Waals surface area contributed by atoms with Crippen molar-refractivity contribution in [2.45, 2.75) is 57.4 Å². The van der Waals surface area contributed by atoms with Gasteiger partial charge < -0.3 is 4.90 Å². The Morgan fingerprint density at radius 2 is 2.10 bits per heavy atom. The first kappa shape index (κ1) is 14.3. The molecule has 2 heterocycles. The van der Waals surface area contributed by atoms with E-state index >= 15 is 0 Å². The van der Waals surface area contributed by atoms with E-state index in [0.717, 1.165) is 29.8 Å². The second-order valence-corrected chi connectivity index (χ2v) is 7.24. The number of carbonyl (C=O) groups excluding carboxylic acids is 1. The molecule has 1 atom stereocenters. The van der Waals surface area contributed by atoms with Crippen molar-refractivity contribution in [3.05, 3.63) is 22.4 Å². The van der Waals surface area contributed by atoms with Gasteiger partial charge in [0.25, 0.3) is 0 Å². The summed E-state index contributed by atoms with van der Waals surface area (Å²) < 4.78 is 0. The third-order valence-corrected chi connectivity index (χ3v) is 5.91. The number of carbonyl (C=O) groups is 1. The Morgan fingerprint density at radius 1 is 1.25 bits per heavy atom. The van der Waals surface area contributed by atoms with Crippen molar-refractivity contribution in [3.63, 3.8) is 0 Å². The summed E-state index contributed by atoms with van der Waals surface area (Å²) in [5.74, 6) is 1.28. The number of rotatable bonds is 6. The van der Waals surface area contributed by atoms with Gasteiger partial charge in [0.15, 0.2) is 5.78 Å². The normalized spacial score (nSPS) is 24.5. The van der Waals surface area contributed by atoms with E-state index in [0.29, 0.717) is 12.2 Å². The number of likely N-dealkylation sites (tertiary alicyclic amines) is 1. The molecule has 2 nitrogen and oxygen atoms in total. The summed E-state index contributed by atoms with van der Waals surface area (Å²) in [6, 6.07) is 4.74. The van der Waals surface area contributed by atoms with Crippen LogP contribution in [0.5, 0.6) is 0 Å². The molecular weight excluding hydrogens is 266 g/mol. The number of ketones is 1. The first-order valence-corrected chi connectivity index (χ1v) is 9.03. The Labute approximate surface area is 126 Å². The number of nitrogens with zero attached hydrogens (tertiary/aromatic N) is 1. The van der Waals surface area contributed by atoms with Crippen LogP contribution in [0.2, 0.25) is 0 Å². The number of hydrogen-bond acceptors (Lipinski definition) is 3. The summed E-state index contributed by atoms with van der Waals surface area (Å²) in [7, 11) is 0. The summed E-state index contributed by atoms with van der Waals surface area (Å²) >= 11 is 1.57. The van der Waals surface area contributed by atoms with E-state index in [1.807, 2.05) is 17.5 Å². The van der Waals surface area contributed by atoms with Gasteiger partial charge in [0, 0.05) is 12.5 Å². The molecule has 3 heteroatoms. The zero-order chi connectivity index (χ0) is 13.8. The van der Waals surface area contributed by atoms with Gasteiger partial charge in [-0.2, -0.15) is 0 Å². The first-order chi connectivity index (χ1) is 9.84. The van der Waals surface area contributed by atoms with Crippen LogP contribution in [0.25, 0.3) is 0 Å². The fraction of sp³-hybridized carbons (Fsp3) is 0.706. The molecule has 0 radical (unpaired) electrons. The molecule has 2 fully saturated rings. The highest BCUT2D eigenvalue weighted by Gasteiger charge is 2.32. The Bertz CT molecular complexity index is 422. The highest BCUT2D eigenvalue weighted by atomic mass is 32.1. The minimum Gasteiger partial charge on any atom is -0.300 e. The predicted molar refractivity (Wildman–Crippen MR) is 84.4 cm³/mol. The molecule has 1 saturated carbocycles. The van der Waals surface area contributed by atoms with E-state index in [9.17, 15) is 4.79 Å². The summed E-state index contributed by atoms with van der Waals surface area (Å²) in [4.78, 5) is 15.6. The molecule has 1 saturated heterocycles. The third-order valence-electron chi connectivity index (χ3n) is 5.00. The Morgan fingerprint density at radius 3 is 2.85 bits per heavy atom. The monoisotopic (exact) mass is 291 g/mol. The van der Waals surface area contributed by atoms with Crippen molar-refractivity contribution in [3.8, 4) is 0 Å². The van der Waals surface area contributed by atoms with Crippen molar-refractivity contribution in [1.29, 1.82) is 0 Å². The molecule has 0 aromatic carbocycles. The van der Waals surface area contributed by atoms with E-state index < -0.39 is 0 Å². The number of hydrogen-bond donors (Lipinski definition) is 0. The third kappa shape index (κ3) is 3.32. The molecular formula is C17H25NOS. The standard InChI is InChI=1S/C17H25NOS/c19-16(17-10-5-13-20-17)9-4-12-18-11-3-8-15(18)14-6-1-2-7-14/h5,10,13-15H,1-4,6-9,11-12H2.